The zero-order chi connectivity index (χ0) is 11.8. The molecule has 7 heteroatoms. The molecule has 0 aromatic carbocycles. The Bertz CT molecular complexity index is 377. The van der Waals surface area contributed by atoms with Gasteiger partial charge in [-0.2, -0.15) is 4.31 Å². The third-order valence-electron chi connectivity index (χ3n) is 2.73. The summed E-state index contributed by atoms with van der Waals surface area (Å²) in [5.41, 5.74) is 0. The summed E-state index contributed by atoms with van der Waals surface area (Å²) >= 11 is 0. The van der Waals surface area contributed by atoms with Gasteiger partial charge in [0.05, 0.1) is 19.5 Å². The summed E-state index contributed by atoms with van der Waals surface area (Å²) in [6.07, 6.45) is 3.09. The molecule has 0 radical (unpaired) electrons. The minimum absolute atomic E-state index is 0.144. The van der Waals surface area contributed by atoms with E-state index in [4.69, 9.17) is 4.74 Å². The lowest BCUT2D eigenvalue weighted by molar-refractivity contribution is -0.129. The van der Waals surface area contributed by atoms with Crippen LogP contribution in [0.15, 0.2) is 0 Å². The van der Waals surface area contributed by atoms with Gasteiger partial charge in [0.25, 0.3) is 0 Å². The number of nitrogens with zero attached hydrogens (tertiary/aromatic N) is 1. The summed E-state index contributed by atoms with van der Waals surface area (Å²) in [4.78, 5) is 11.8. The van der Waals surface area contributed by atoms with E-state index >= 15 is 0 Å². The van der Waals surface area contributed by atoms with Crippen LogP contribution in [0.4, 0.5) is 0 Å². The highest BCUT2D eigenvalue weighted by molar-refractivity contribution is 7.88. The van der Waals surface area contributed by atoms with Crippen LogP contribution >= 0.6 is 0 Å². The molecule has 1 saturated heterocycles. The molecule has 1 aliphatic carbocycles. The van der Waals surface area contributed by atoms with Crippen LogP contribution in [0.5, 0.6) is 0 Å². The Kier molecular flexibility index (Phi) is 3.18. The SMILES string of the molecule is CS(=O)(=O)N1CCOCC1C(=O)NC1CC1. The molecular weight excluding hydrogens is 232 g/mol. The Morgan fingerprint density at radius 2 is 2.12 bits per heavy atom. The molecule has 2 fully saturated rings. The number of morpholine rings is 1. The molecule has 1 saturated carbocycles. The zero-order valence-corrected chi connectivity index (χ0v) is 10.00. The van der Waals surface area contributed by atoms with Crippen molar-refractivity contribution in [2.75, 3.05) is 26.0 Å². The molecule has 16 heavy (non-hydrogen) atoms. The fourth-order valence-corrected chi connectivity index (χ4v) is 2.74. The number of rotatable bonds is 3. The van der Waals surface area contributed by atoms with Gasteiger partial charge in [-0.05, 0) is 12.8 Å². The monoisotopic (exact) mass is 248 g/mol. The summed E-state index contributed by atoms with van der Waals surface area (Å²) in [6.45, 7) is 0.744. The number of amides is 1. The topological polar surface area (TPSA) is 75.7 Å². The van der Waals surface area contributed by atoms with Gasteiger partial charge in [-0.15, -0.1) is 0 Å². The molecule has 1 atom stereocenters. The molecule has 0 aromatic heterocycles. The van der Waals surface area contributed by atoms with Gasteiger partial charge in [0.1, 0.15) is 6.04 Å². The minimum atomic E-state index is -3.34. The summed E-state index contributed by atoms with van der Waals surface area (Å²) in [5.74, 6) is -0.243. The van der Waals surface area contributed by atoms with E-state index in [1.807, 2.05) is 0 Å². The van der Waals surface area contributed by atoms with E-state index < -0.39 is 16.1 Å². The number of ether oxygens (including phenoxy) is 1. The average molecular weight is 248 g/mol. The molecule has 6 nitrogen and oxygen atoms in total. The molecule has 2 rings (SSSR count). The van der Waals surface area contributed by atoms with Gasteiger partial charge in [-0.25, -0.2) is 8.42 Å². The number of nitrogens with one attached hydrogen (secondary N) is 1. The van der Waals surface area contributed by atoms with E-state index in [0.717, 1.165) is 19.1 Å². The fourth-order valence-electron chi connectivity index (χ4n) is 1.72. The van der Waals surface area contributed by atoms with Crippen LogP contribution < -0.4 is 5.32 Å². The molecule has 0 bridgehead atoms. The molecule has 1 aliphatic heterocycles. The van der Waals surface area contributed by atoms with Crippen LogP contribution in [-0.2, 0) is 19.6 Å². The highest BCUT2D eigenvalue weighted by Gasteiger charge is 2.37. The van der Waals surface area contributed by atoms with E-state index in [9.17, 15) is 13.2 Å². The van der Waals surface area contributed by atoms with Crippen LogP contribution in [0.3, 0.4) is 0 Å². The summed E-state index contributed by atoms with van der Waals surface area (Å²) in [6, 6.07) is -0.472. The van der Waals surface area contributed by atoms with Crippen molar-refractivity contribution in [1.29, 1.82) is 0 Å². The van der Waals surface area contributed by atoms with Crippen molar-refractivity contribution in [2.45, 2.75) is 24.9 Å². The van der Waals surface area contributed by atoms with Gasteiger partial charge in [0.15, 0.2) is 0 Å². The predicted molar refractivity (Wildman–Crippen MR) is 57.3 cm³/mol. The second kappa shape index (κ2) is 4.31. The lowest BCUT2D eigenvalue weighted by Gasteiger charge is -2.32. The van der Waals surface area contributed by atoms with Gasteiger partial charge in [-0.3, -0.25) is 4.79 Å². The molecule has 0 spiro atoms. The van der Waals surface area contributed by atoms with Gasteiger partial charge in [0.2, 0.25) is 15.9 Å². The van der Waals surface area contributed by atoms with Crippen LogP contribution in [0.25, 0.3) is 0 Å². The van der Waals surface area contributed by atoms with Crippen LogP contribution in [0.1, 0.15) is 12.8 Å². The maximum atomic E-state index is 11.8. The van der Waals surface area contributed by atoms with E-state index in [-0.39, 0.29) is 25.1 Å². The normalized spacial score (nSPS) is 27.7. The number of hydrogen-bond acceptors (Lipinski definition) is 4. The second-order valence-electron chi connectivity index (χ2n) is 4.25. The summed E-state index contributed by atoms with van der Waals surface area (Å²) < 4.78 is 29.4. The fraction of sp³-hybridized carbons (Fsp3) is 0.889. The summed E-state index contributed by atoms with van der Waals surface area (Å²) in [5, 5.41) is 2.80. The maximum absolute atomic E-state index is 11.8. The van der Waals surface area contributed by atoms with Crippen molar-refractivity contribution >= 4 is 15.9 Å². The number of sulfonamides is 1. The lowest BCUT2D eigenvalue weighted by Crippen LogP contribution is -2.55. The van der Waals surface area contributed by atoms with Crippen LogP contribution in [0, 0.1) is 0 Å². The van der Waals surface area contributed by atoms with Crippen molar-refractivity contribution in [2.24, 2.45) is 0 Å². The molecule has 1 amide bonds. The van der Waals surface area contributed by atoms with Crippen molar-refractivity contribution in [3.8, 4) is 0 Å². The Balaban J connectivity index is 2.06. The van der Waals surface area contributed by atoms with Gasteiger partial charge < -0.3 is 10.1 Å². The maximum Gasteiger partial charge on any atom is 0.241 e. The van der Waals surface area contributed by atoms with E-state index in [1.165, 1.54) is 4.31 Å². The van der Waals surface area contributed by atoms with Crippen molar-refractivity contribution in [3.63, 3.8) is 0 Å². The zero-order valence-electron chi connectivity index (χ0n) is 9.18. The van der Waals surface area contributed by atoms with Crippen LogP contribution in [0.2, 0.25) is 0 Å². The Labute approximate surface area is 95.0 Å². The number of carbonyl (C=O) groups is 1. The Hall–Kier alpha value is -0.660. The largest absolute Gasteiger partial charge is 0.378 e. The van der Waals surface area contributed by atoms with E-state index in [0.29, 0.717) is 6.61 Å². The third-order valence-corrected chi connectivity index (χ3v) is 4.02. The minimum Gasteiger partial charge on any atom is -0.378 e. The standard InChI is InChI=1S/C9H16N2O4S/c1-16(13,14)11-4-5-15-6-8(11)9(12)10-7-2-3-7/h7-8H,2-6H2,1H3,(H,10,12). The molecule has 1 heterocycles. The molecular formula is C9H16N2O4S. The molecule has 0 aromatic rings. The smallest absolute Gasteiger partial charge is 0.241 e. The first-order chi connectivity index (χ1) is 7.48. The summed E-state index contributed by atoms with van der Waals surface area (Å²) in [7, 11) is -3.34. The van der Waals surface area contributed by atoms with Gasteiger partial charge >= 0.3 is 0 Å². The number of carbonyl (C=O) groups excluding carboxylic acids is 1. The van der Waals surface area contributed by atoms with Crippen molar-refractivity contribution in [1.82, 2.24) is 9.62 Å². The Morgan fingerprint density at radius 1 is 1.44 bits per heavy atom. The van der Waals surface area contributed by atoms with Crippen LogP contribution in [-0.4, -0.2) is 56.7 Å². The molecule has 1 unspecified atom stereocenters. The lowest BCUT2D eigenvalue weighted by atomic mass is 10.2. The van der Waals surface area contributed by atoms with Gasteiger partial charge in [0, 0.05) is 12.6 Å². The quantitative estimate of drug-likeness (QED) is 0.689. The first-order valence-corrected chi connectivity index (χ1v) is 7.18. The highest BCUT2D eigenvalue weighted by atomic mass is 32.2. The van der Waals surface area contributed by atoms with Gasteiger partial charge in [-0.1, -0.05) is 0 Å². The third kappa shape index (κ3) is 2.72. The van der Waals surface area contributed by atoms with Crippen molar-refractivity contribution < 1.29 is 17.9 Å². The first kappa shape index (κ1) is 11.8. The molecule has 2 aliphatic rings. The average Bonchev–Trinajstić information content (AvgIpc) is 3.00. The predicted octanol–water partition coefficient (Wildman–Crippen LogP) is -1.07. The van der Waals surface area contributed by atoms with E-state index in [1.54, 1.807) is 0 Å². The molecule has 1 N–H and O–H groups in total. The van der Waals surface area contributed by atoms with Crippen molar-refractivity contribution in [3.05, 3.63) is 0 Å². The second-order valence-corrected chi connectivity index (χ2v) is 6.18. The Morgan fingerprint density at radius 3 is 2.69 bits per heavy atom. The number of hydrogen-bond donors (Lipinski definition) is 1. The first-order valence-electron chi connectivity index (χ1n) is 5.33. The van der Waals surface area contributed by atoms with E-state index in [2.05, 4.69) is 5.32 Å². The highest BCUT2D eigenvalue weighted by Crippen LogP contribution is 2.20. The molecule has 92 valence electrons.